The zero-order chi connectivity index (χ0) is 27.9. The first-order valence-corrected chi connectivity index (χ1v) is 14.7. The van der Waals surface area contributed by atoms with E-state index in [4.69, 9.17) is 19.7 Å². The van der Waals surface area contributed by atoms with Crippen LogP contribution in [0.1, 0.15) is 30.4 Å². The van der Waals surface area contributed by atoms with Gasteiger partial charge in [0.1, 0.15) is 11.5 Å². The quantitative estimate of drug-likeness (QED) is 0.248. The number of hydrogen-bond donors (Lipinski definition) is 1. The van der Waals surface area contributed by atoms with Gasteiger partial charge in [-0.2, -0.15) is 0 Å². The van der Waals surface area contributed by atoms with Crippen LogP contribution >= 0.6 is 0 Å². The summed E-state index contributed by atoms with van der Waals surface area (Å²) in [7, 11) is 0. The molecule has 0 aliphatic carbocycles. The molecule has 0 saturated carbocycles. The molecule has 8 rings (SSSR count). The fourth-order valence-corrected chi connectivity index (χ4v) is 6.99. The highest BCUT2D eigenvalue weighted by Gasteiger charge is 2.53. The maximum Gasteiger partial charge on any atom is 0.160 e. The van der Waals surface area contributed by atoms with Gasteiger partial charge in [-0.25, -0.2) is 9.97 Å². The van der Waals surface area contributed by atoms with Crippen LogP contribution in [0.4, 0.5) is 0 Å². The van der Waals surface area contributed by atoms with Crippen molar-refractivity contribution < 1.29 is 4.74 Å². The van der Waals surface area contributed by atoms with Gasteiger partial charge in [0, 0.05) is 39.9 Å². The van der Waals surface area contributed by atoms with Crippen molar-refractivity contribution in [3.05, 3.63) is 133 Å². The maximum absolute atomic E-state index is 6.64. The number of aromatic nitrogens is 2. The molecule has 0 bridgehead atoms. The number of allylic oxidation sites excluding steroid dienone is 2. The lowest BCUT2D eigenvalue weighted by molar-refractivity contribution is 0.262. The highest BCUT2D eigenvalue weighted by molar-refractivity contribution is 5.94. The van der Waals surface area contributed by atoms with Crippen LogP contribution in [-0.2, 0) is 5.41 Å². The average molecular weight is 547 g/mol. The van der Waals surface area contributed by atoms with Gasteiger partial charge in [0.25, 0.3) is 0 Å². The minimum atomic E-state index is -0.447. The highest BCUT2D eigenvalue weighted by atomic mass is 16.5. The summed E-state index contributed by atoms with van der Waals surface area (Å²) in [6.07, 6.45) is 13.5. The van der Waals surface area contributed by atoms with Gasteiger partial charge in [0.2, 0.25) is 0 Å². The summed E-state index contributed by atoms with van der Waals surface area (Å²) in [5.41, 5.74) is 5.75. The Balaban J connectivity index is 1.40. The lowest BCUT2D eigenvalue weighted by Crippen LogP contribution is -2.56. The van der Waals surface area contributed by atoms with Gasteiger partial charge in [0.15, 0.2) is 5.82 Å². The van der Waals surface area contributed by atoms with Gasteiger partial charge in [-0.1, -0.05) is 78.9 Å². The van der Waals surface area contributed by atoms with Crippen molar-refractivity contribution in [1.82, 2.24) is 15.3 Å². The molecule has 3 aliphatic rings. The Hall–Kier alpha value is -5.03. The number of fused-ring (bicyclic) bond motifs is 3. The molecule has 4 aromatic carbocycles. The third-order valence-electron chi connectivity index (χ3n) is 8.85. The van der Waals surface area contributed by atoms with Crippen LogP contribution in [0.25, 0.3) is 33.5 Å². The molecular formula is C37H30N4O. The molecule has 0 radical (unpaired) electrons. The summed E-state index contributed by atoms with van der Waals surface area (Å²) in [5, 5.41) is 4.79. The number of rotatable bonds is 4. The van der Waals surface area contributed by atoms with Crippen LogP contribution in [0.5, 0.6) is 11.5 Å². The molecule has 4 heterocycles. The topological polar surface area (TPSA) is 59.4 Å². The first-order chi connectivity index (χ1) is 20.8. The SMILES string of the molecule is C1=CCC(C2(C3CCC=CN3)c3ccccc3Oc3ccc(-c4nc(-c5ccccc5)nc5ccccc45)cc32)N=C1. The molecule has 0 amide bonds. The van der Waals surface area contributed by atoms with Gasteiger partial charge in [-0.3, -0.25) is 4.99 Å². The van der Waals surface area contributed by atoms with Crippen LogP contribution in [-0.4, -0.2) is 28.3 Å². The number of aliphatic imine (C=N–C) groups is 1. The van der Waals surface area contributed by atoms with E-state index in [2.05, 4.69) is 103 Å². The number of hydrogen-bond acceptors (Lipinski definition) is 5. The summed E-state index contributed by atoms with van der Waals surface area (Å²) < 4.78 is 6.64. The first-order valence-electron chi connectivity index (χ1n) is 14.7. The second kappa shape index (κ2) is 10.1. The van der Waals surface area contributed by atoms with E-state index in [-0.39, 0.29) is 12.1 Å². The molecule has 1 aromatic heterocycles. The van der Waals surface area contributed by atoms with Crippen molar-refractivity contribution in [1.29, 1.82) is 0 Å². The highest BCUT2D eigenvalue weighted by Crippen LogP contribution is 2.55. The van der Waals surface area contributed by atoms with E-state index < -0.39 is 5.41 Å². The molecule has 5 nitrogen and oxygen atoms in total. The third-order valence-corrected chi connectivity index (χ3v) is 8.85. The van der Waals surface area contributed by atoms with E-state index >= 15 is 0 Å². The molecular weight excluding hydrogens is 516 g/mol. The van der Waals surface area contributed by atoms with Crippen LogP contribution < -0.4 is 10.1 Å². The van der Waals surface area contributed by atoms with Crippen molar-refractivity contribution in [2.45, 2.75) is 36.8 Å². The lowest BCUT2D eigenvalue weighted by atomic mass is 9.60. The van der Waals surface area contributed by atoms with Gasteiger partial charge in [-0.15, -0.1) is 0 Å². The summed E-state index contributed by atoms with van der Waals surface area (Å²) in [4.78, 5) is 15.3. The Morgan fingerprint density at radius 3 is 2.45 bits per heavy atom. The van der Waals surface area contributed by atoms with Crippen molar-refractivity contribution in [3.63, 3.8) is 0 Å². The van der Waals surface area contributed by atoms with Gasteiger partial charge >= 0.3 is 0 Å². The molecule has 5 heteroatoms. The van der Waals surface area contributed by atoms with Crippen LogP contribution in [0.2, 0.25) is 0 Å². The summed E-state index contributed by atoms with van der Waals surface area (Å²) in [5.74, 6) is 2.49. The Bertz CT molecular complexity index is 1890. The molecule has 204 valence electrons. The number of ether oxygens (including phenoxy) is 1. The minimum absolute atomic E-state index is 0.00701. The van der Waals surface area contributed by atoms with E-state index in [0.29, 0.717) is 0 Å². The molecule has 5 aromatic rings. The van der Waals surface area contributed by atoms with E-state index in [9.17, 15) is 0 Å². The van der Waals surface area contributed by atoms with Crippen LogP contribution in [0.3, 0.4) is 0 Å². The predicted octanol–water partition coefficient (Wildman–Crippen LogP) is 8.02. The van der Waals surface area contributed by atoms with Crippen molar-refractivity contribution in [2.75, 3.05) is 0 Å². The lowest BCUT2D eigenvalue weighted by Gasteiger charge is -2.50. The van der Waals surface area contributed by atoms with Crippen LogP contribution in [0, 0.1) is 0 Å². The predicted molar refractivity (Wildman–Crippen MR) is 169 cm³/mol. The number of para-hydroxylation sites is 2. The molecule has 3 aliphatic heterocycles. The second-order valence-corrected chi connectivity index (χ2v) is 11.1. The molecule has 1 N–H and O–H groups in total. The molecule has 42 heavy (non-hydrogen) atoms. The number of benzene rings is 4. The van der Waals surface area contributed by atoms with E-state index in [1.54, 1.807) is 0 Å². The maximum atomic E-state index is 6.64. The molecule has 3 unspecified atom stereocenters. The number of nitrogens with zero attached hydrogens (tertiary/aromatic N) is 3. The zero-order valence-electron chi connectivity index (χ0n) is 23.2. The minimum Gasteiger partial charge on any atom is -0.457 e. The third kappa shape index (κ3) is 3.88. The first kappa shape index (κ1) is 24.7. The molecule has 0 saturated heterocycles. The molecule has 3 atom stereocenters. The van der Waals surface area contributed by atoms with Gasteiger partial charge in [0.05, 0.1) is 22.7 Å². The second-order valence-electron chi connectivity index (χ2n) is 11.1. The number of dihydropyridines is 1. The normalized spacial score (nSPS) is 22.2. The van der Waals surface area contributed by atoms with Gasteiger partial charge in [-0.05, 0) is 61.9 Å². The molecule has 0 fully saturated rings. The summed E-state index contributed by atoms with van der Waals surface area (Å²) in [6, 6.07) is 33.7. The monoisotopic (exact) mass is 546 g/mol. The summed E-state index contributed by atoms with van der Waals surface area (Å²) >= 11 is 0. The standard InChI is InChI=1S/C37H30N4O/c1-2-12-25(13-3-1)36-40-30-16-6-4-14-27(30)35(41-36)26-20-21-32-29(24-26)37(33-18-8-10-22-38-33,34-19-9-11-23-39-34)28-15-5-7-17-31(28)42-32/h1-8,10-17,20-24,33-34,39H,9,18-19H2. The Kier molecular flexibility index (Phi) is 5.95. The van der Waals surface area contributed by atoms with Crippen LogP contribution in [0.15, 0.2) is 126 Å². The van der Waals surface area contributed by atoms with Crippen molar-refractivity contribution in [2.24, 2.45) is 4.99 Å². The fraction of sp³-hybridized carbons (Fsp3) is 0.162. The van der Waals surface area contributed by atoms with Crippen molar-refractivity contribution in [3.8, 4) is 34.1 Å². The molecule has 0 spiro atoms. The largest absolute Gasteiger partial charge is 0.457 e. The van der Waals surface area contributed by atoms with Crippen molar-refractivity contribution >= 4 is 17.1 Å². The Morgan fingerprint density at radius 2 is 1.60 bits per heavy atom. The summed E-state index contributed by atoms with van der Waals surface area (Å²) in [6.45, 7) is 0. The Labute approximate surface area is 245 Å². The number of nitrogens with one attached hydrogen (secondary N) is 1. The smallest absolute Gasteiger partial charge is 0.160 e. The zero-order valence-corrected chi connectivity index (χ0v) is 23.2. The average Bonchev–Trinajstić information content (AvgIpc) is 3.07. The van der Waals surface area contributed by atoms with E-state index in [0.717, 1.165) is 69.9 Å². The van der Waals surface area contributed by atoms with E-state index in [1.807, 2.05) is 30.5 Å². The van der Waals surface area contributed by atoms with E-state index in [1.165, 1.54) is 5.56 Å². The van der Waals surface area contributed by atoms with Gasteiger partial charge < -0.3 is 10.1 Å². The fourth-order valence-electron chi connectivity index (χ4n) is 6.99. The Morgan fingerprint density at radius 1 is 0.762 bits per heavy atom.